The maximum absolute atomic E-state index is 14.7. The molecule has 2 rings (SSSR count). The summed E-state index contributed by atoms with van der Waals surface area (Å²) in [5.74, 6) is -7.48. The van der Waals surface area contributed by atoms with E-state index < -0.39 is 40.8 Å². The zero-order chi connectivity index (χ0) is 16.5. The molecule has 0 amide bonds. The predicted octanol–water partition coefficient (Wildman–Crippen LogP) is 3.92. The van der Waals surface area contributed by atoms with E-state index in [1.54, 1.807) is 6.92 Å². The van der Waals surface area contributed by atoms with Gasteiger partial charge in [-0.15, -0.1) is 0 Å². The van der Waals surface area contributed by atoms with Gasteiger partial charge in [-0.2, -0.15) is 8.78 Å². The number of nitrogens with zero attached hydrogens (tertiary/aromatic N) is 1. The zero-order valence-electron chi connectivity index (χ0n) is 12.0. The van der Waals surface area contributed by atoms with Crippen molar-refractivity contribution in [3.63, 3.8) is 0 Å². The van der Waals surface area contributed by atoms with Crippen molar-refractivity contribution in [2.24, 2.45) is 0 Å². The molecule has 1 heterocycles. The number of rotatable bonds is 4. The van der Waals surface area contributed by atoms with Crippen LogP contribution in [0, 0.1) is 18.6 Å². The van der Waals surface area contributed by atoms with Crippen LogP contribution in [0.15, 0.2) is 36.5 Å². The van der Waals surface area contributed by atoms with Gasteiger partial charge in [0.15, 0.2) is 0 Å². The summed E-state index contributed by atoms with van der Waals surface area (Å²) in [4.78, 5) is 3.67. The van der Waals surface area contributed by atoms with Gasteiger partial charge >= 0.3 is 0 Å². The molecule has 0 aliphatic heterocycles. The van der Waals surface area contributed by atoms with Crippen LogP contribution in [0.3, 0.4) is 0 Å². The average Bonchev–Trinajstić information content (AvgIpc) is 2.41. The number of alkyl halides is 2. The van der Waals surface area contributed by atoms with Gasteiger partial charge in [0.25, 0.3) is 5.92 Å². The summed E-state index contributed by atoms with van der Waals surface area (Å²) < 4.78 is 56.2. The molecule has 22 heavy (non-hydrogen) atoms. The third-order valence-corrected chi connectivity index (χ3v) is 3.42. The second-order valence-electron chi connectivity index (χ2n) is 5.23. The van der Waals surface area contributed by atoms with E-state index in [2.05, 4.69) is 4.98 Å². The molecule has 0 aliphatic carbocycles. The largest absolute Gasteiger partial charge is 0.393 e. The molecule has 1 N–H and O–H groups in total. The van der Waals surface area contributed by atoms with E-state index in [0.29, 0.717) is 11.6 Å². The van der Waals surface area contributed by atoms with Gasteiger partial charge in [-0.25, -0.2) is 8.78 Å². The number of halogens is 4. The minimum absolute atomic E-state index is 0.455. The summed E-state index contributed by atoms with van der Waals surface area (Å²) in [7, 11) is 0. The summed E-state index contributed by atoms with van der Waals surface area (Å²) >= 11 is 0. The van der Waals surface area contributed by atoms with Crippen molar-refractivity contribution in [1.29, 1.82) is 0 Å². The Kier molecular flexibility index (Phi) is 4.51. The molecule has 0 saturated heterocycles. The second-order valence-corrected chi connectivity index (χ2v) is 5.23. The molecular weight excluding hydrogens is 298 g/mol. The van der Waals surface area contributed by atoms with E-state index in [0.717, 1.165) is 25.1 Å². The molecule has 6 heteroatoms. The van der Waals surface area contributed by atoms with E-state index in [1.807, 2.05) is 0 Å². The maximum atomic E-state index is 14.7. The highest BCUT2D eigenvalue weighted by molar-refractivity contribution is 5.29. The first kappa shape index (κ1) is 16.4. The fraction of sp³-hybridized carbons (Fsp3) is 0.312. The van der Waals surface area contributed by atoms with Gasteiger partial charge in [-0.05, 0) is 31.5 Å². The molecule has 1 aromatic heterocycles. The molecular formula is C16H15F4NO. The fourth-order valence-electron chi connectivity index (χ4n) is 2.34. The lowest BCUT2D eigenvalue weighted by atomic mass is 9.85. The van der Waals surface area contributed by atoms with E-state index >= 15 is 0 Å². The molecule has 2 atom stereocenters. The highest BCUT2D eigenvalue weighted by Gasteiger charge is 2.47. The van der Waals surface area contributed by atoms with Crippen molar-refractivity contribution >= 4 is 0 Å². The van der Waals surface area contributed by atoms with Crippen LogP contribution in [-0.2, 0) is 5.92 Å². The normalized spacial score (nSPS) is 14.7. The molecule has 0 aliphatic rings. The van der Waals surface area contributed by atoms with E-state index in [1.165, 1.54) is 12.3 Å². The highest BCUT2D eigenvalue weighted by Crippen LogP contribution is 2.44. The van der Waals surface area contributed by atoms with Crippen molar-refractivity contribution in [1.82, 2.24) is 4.98 Å². The Morgan fingerprint density at radius 2 is 1.82 bits per heavy atom. The molecule has 118 valence electrons. The topological polar surface area (TPSA) is 33.1 Å². The van der Waals surface area contributed by atoms with Crippen LogP contribution < -0.4 is 0 Å². The quantitative estimate of drug-likeness (QED) is 0.868. The van der Waals surface area contributed by atoms with Crippen LogP contribution in [0.2, 0.25) is 0 Å². The number of aliphatic hydroxyl groups is 1. The zero-order valence-corrected chi connectivity index (χ0v) is 12.0. The van der Waals surface area contributed by atoms with Crippen molar-refractivity contribution in [3.8, 4) is 0 Å². The SMILES string of the molecule is Cc1ccc(C(F)(F)C(c2ccc(F)cc2F)C(C)O)nc1. The standard InChI is InChI=1S/C16H15F4NO/c1-9-3-6-14(21-8-9)16(19,20)15(10(2)22)12-5-4-11(17)7-13(12)18/h3-8,10,15,22H,1-2H3. The number of hydrogen-bond acceptors (Lipinski definition) is 2. The van der Waals surface area contributed by atoms with Gasteiger partial charge in [0.1, 0.15) is 17.3 Å². The van der Waals surface area contributed by atoms with Crippen LogP contribution >= 0.6 is 0 Å². The van der Waals surface area contributed by atoms with Crippen LogP contribution in [0.25, 0.3) is 0 Å². The third kappa shape index (κ3) is 3.11. The van der Waals surface area contributed by atoms with Crippen molar-refractivity contribution < 1.29 is 22.7 Å². The van der Waals surface area contributed by atoms with Crippen molar-refractivity contribution in [2.45, 2.75) is 31.8 Å². The molecule has 0 bridgehead atoms. The van der Waals surface area contributed by atoms with Crippen LogP contribution in [0.5, 0.6) is 0 Å². The molecule has 2 nitrogen and oxygen atoms in total. The van der Waals surface area contributed by atoms with Crippen molar-refractivity contribution in [2.75, 3.05) is 0 Å². The molecule has 0 spiro atoms. The van der Waals surface area contributed by atoms with Crippen LogP contribution in [0.4, 0.5) is 17.6 Å². The number of benzene rings is 1. The Morgan fingerprint density at radius 3 is 2.32 bits per heavy atom. The van der Waals surface area contributed by atoms with Gasteiger partial charge in [0, 0.05) is 17.8 Å². The lowest BCUT2D eigenvalue weighted by molar-refractivity contribution is -0.0749. The maximum Gasteiger partial charge on any atom is 0.298 e. The number of aryl methyl sites for hydroxylation is 1. The number of aromatic nitrogens is 1. The number of pyridine rings is 1. The Morgan fingerprint density at radius 1 is 1.14 bits per heavy atom. The molecule has 2 unspecified atom stereocenters. The average molecular weight is 313 g/mol. The first-order chi connectivity index (χ1) is 10.2. The molecule has 0 radical (unpaired) electrons. The second kappa shape index (κ2) is 6.04. The Labute approximate surface area is 125 Å². The highest BCUT2D eigenvalue weighted by atomic mass is 19.3. The van der Waals surface area contributed by atoms with Gasteiger partial charge < -0.3 is 5.11 Å². The summed E-state index contributed by atoms with van der Waals surface area (Å²) in [6.07, 6.45) is -0.290. The van der Waals surface area contributed by atoms with E-state index in [4.69, 9.17) is 0 Å². The molecule has 0 saturated carbocycles. The lowest BCUT2D eigenvalue weighted by Crippen LogP contribution is -2.33. The fourth-order valence-corrected chi connectivity index (χ4v) is 2.34. The van der Waals surface area contributed by atoms with Crippen LogP contribution in [-0.4, -0.2) is 16.2 Å². The summed E-state index contributed by atoms with van der Waals surface area (Å²) in [6.45, 7) is 2.83. The van der Waals surface area contributed by atoms with E-state index in [-0.39, 0.29) is 0 Å². The predicted molar refractivity (Wildman–Crippen MR) is 73.6 cm³/mol. The minimum atomic E-state index is -3.61. The van der Waals surface area contributed by atoms with Gasteiger partial charge in [-0.1, -0.05) is 12.1 Å². The Hall–Kier alpha value is -1.95. The third-order valence-electron chi connectivity index (χ3n) is 3.42. The molecule has 2 aromatic rings. The first-order valence-electron chi connectivity index (χ1n) is 6.67. The van der Waals surface area contributed by atoms with Crippen LogP contribution in [0.1, 0.15) is 29.7 Å². The minimum Gasteiger partial charge on any atom is -0.393 e. The molecule has 0 fully saturated rings. The summed E-state index contributed by atoms with van der Waals surface area (Å²) in [6, 6.07) is 4.91. The number of hydrogen-bond donors (Lipinski definition) is 1. The van der Waals surface area contributed by atoms with Gasteiger partial charge in [0.2, 0.25) is 0 Å². The summed E-state index contributed by atoms with van der Waals surface area (Å²) in [5.41, 5.74) is -0.336. The molecule has 1 aromatic carbocycles. The van der Waals surface area contributed by atoms with Gasteiger partial charge in [-0.3, -0.25) is 4.98 Å². The Bertz CT molecular complexity index is 656. The van der Waals surface area contributed by atoms with Gasteiger partial charge in [0.05, 0.1) is 12.0 Å². The number of aliphatic hydroxyl groups excluding tert-OH is 1. The van der Waals surface area contributed by atoms with Crippen molar-refractivity contribution in [3.05, 3.63) is 65.0 Å². The smallest absolute Gasteiger partial charge is 0.298 e. The van der Waals surface area contributed by atoms with E-state index in [9.17, 15) is 22.7 Å². The monoisotopic (exact) mass is 313 g/mol. The summed E-state index contributed by atoms with van der Waals surface area (Å²) in [5, 5.41) is 9.74. The Balaban J connectivity index is 2.52. The first-order valence-corrected chi connectivity index (χ1v) is 6.67. The lowest BCUT2D eigenvalue weighted by Gasteiger charge is -2.29.